The smallest absolute Gasteiger partial charge is 0.407 e. The zero-order valence-electron chi connectivity index (χ0n) is 11.7. The van der Waals surface area contributed by atoms with Crippen molar-refractivity contribution in [1.82, 2.24) is 10.6 Å². The highest BCUT2D eigenvalue weighted by atomic mass is 16.6. The summed E-state index contributed by atoms with van der Waals surface area (Å²) >= 11 is 0. The molecular formula is C13H26N2O2. The van der Waals surface area contributed by atoms with Crippen molar-refractivity contribution in [1.29, 1.82) is 0 Å². The molecule has 0 bridgehead atoms. The van der Waals surface area contributed by atoms with Gasteiger partial charge in [0.1, 0.15) is 5.60 Å². The zero-order valence-corrected chi connectivity index (χ0v) is 11.7. The van der Waals surface area contributed by atoms with E-state index in [9.17, 15) is 4.79 Å². The summed E-state index contributed by atoms with van der Waals surface area (Å²) in [5.41, 5.74) is -0.425. The summed E-state index contributed by atoms with van der Waals surface area (Å²) < 4.78 is 5.20. The SMILES string of the molecule is C[C@@H]1CC[C@@H](CNC(=O)OC(C)(C)C)N[C@@H]1C. The first-order valence-electron chi connectivity index (χ1n) is 6.51. The summed E-state index contributed by atoms with van der Waals surface area (Å²) in [6.07, 6.45) is 2.00. The number of piperidine rings is 1. The van der Waals surface area contributed by atoms with Crippen LogP contribution in [0.3, 0.4) is 0 Å². The molecule has 0 aromatic heterocycles. The van der Waals surface area contributed by atoms with Crippen LogP contribution in [0.2, 0.25) is 0 Å². The molecule has 1 rings (SSSR count). The predicted octanol–water partition coefficient (Wildman–Crippen LogP) is 2.29. The Morgan fingerprint density at radius 2 is 2.00 bits per heavy atom. The third kappa shape index (κ3) is 5.39. The lowest BCUT2D eigenvalue weighted by molar-refractivity contribution is 0.0517. The topological polar surface area (TPSA) is 50.4 Å². The summed E-state index contributed by atoms with van der Waals surface area (Å²) in [4.78, 5) is 11.5. The first-order chi connectivity index (χ1) is 7.78. The van der Waals surface area contributed by atoms with Crippen LogP contribution in [0.4, 0.5) is 4.79 Å². The number of carbonyl (C=O) groups excluding carboxylic acids is 1. The highest BCUT2D eigenvalue weighted by Gasteiger charge is 2.24. The third-order valence-corrected chi connectivity index (χ3v) is 3.21. The minimum Gasteiger partial charge on any atom is -0.444 e. The molecule has 17 heavy (non-hydrogen) atoms. The van der Waals surface area contributed by atoms with E-state index in [1.165, 1.54) is 6.42 Å². The van der Waals surface area contributed by atoms with Crippen LogP contribution in [0.5, 0.6) is 0 Å². The van der Waals surface area contributed by atoms with E-state index in [0.717, 1.165) is 6.42 Å². The first-order valence-corrected chi connectivity index (χ1v) is 6.51. The van der Waals surface area contributed by atoms with E-state index in [4.69, 9.17) is 4.74 Å². The van der Waals surface area contributed by atoms with Crippen molar-refractivity contribution in [2.45, 2.75) is 65.1 Å². The Morgan fingerprint density at radius 1 is 1.35 bits per heavy atom. The molecule has 1 saturated heterocycles. The fourth-order valence-corrected chi connectivity index (χ4v) is 2.02. The Morgan fingerprint density at radius 3 is 2.53 bits per heavy atom. The summed E-state index contributed by atoms with van der Waals surface area (Å²) in [7, 11) is 0. The number of hydrogen-bond acceptors (Lipinski definition) is 3. The van der Waals surface area contributed by atoms with Gasteiger partial charge in [0.2, 0.25) is 0 Å². The van der Waals surface area contributed by atoms with Crippen molar-refractivity contribution in [3.8, 4) is 0 Å². The van der Waals surface area contributed by atoms with E-state index in [1.54, 1.807) is 0 Å². The molecule has 1 aliphatic rings. The lowest BCUT2D eigenvalue weighted by Gasteiger charge is -2.34. The van der Waals surface area contributed by atoms with Gasteiger partial charge in [-0.3, -0.25) is 0 Å². The molecule has 4 heteroatoms. The summed E-state index contributed by atoms with van der Waals surface area (Å²) in [6, 6.07) is 0.892. The molecule has 0 saturated carbocycles. The zero-order chi connectivity index (χ0) is 13.1. The molecule has 1 aliphatic heterocycles. The fraction of sp³-hybridized carbons (Fsp3) is 0.923. The van der Waals surface area contributed by atoms with Crippen molar-refractivity contribution in [3.05, 3.63) is 0 Å². The van der Waals surface area contributed by atoms with E-state index in [0.29, 0.717) is 24.5 Å². The molecule has 0 unspecified atom stereocenters. The normalized spacial score (nSPS) is 29.8. The number of alkyl carbamates (subject to hydrolysis) is 1. The molecule has 0 aromatic rings. The molecule has 4 nitrogen and oxygen atoms in total. The van der Waals surface area contributed by atoms with Crippen molar-refractivity contribution in [2.75, 3.05) is 6.54 Å². The lowest BCUT2D eigenvalue weighted by Crippen LogP contribution is -2.50. The Hall–Kier alpha value is -0.770. The second-order valence-electron chi connectivity index (χ2n) is 6.09. The second-order valence-corrected chi connectivity index (χ2v) is 6.09. The number of amides is 1. The maximum atomic E-state index is 11.5. The average Bonchev–Trinajstić information content (AvgIpc) is 2.17. The molecular weight excluding hydrogens is 216 g/mol. The standard InChI is InChI=1S/C13H26N2O2/c1-9-6-7-11(15-10(9)2)8-14-12(16)17-13(3,4)5/h9-11,15H,6-8H2,1-5H3,(H,14,16)/t9-,10-,11+/m1/s1. The van der Waals surface area contributed by atoms with E-state index in [2.05, 4.69) is 24.5 Å². The van der Waals surface area contributed by atoms with Gasteiger partial charge in [0.15, 0.2) is 0 Å². The van der Waals surface area contributed by atoms with Crippen LogP contribution in [0.15, 0.2) is 0 Å². The molecule has 0 aromatic carbocycles. The largest absolute Gasteiger partial charge is 0.444 e. The van der Waals surface area contributed by atoms with E-state index < -0.39 is 5.60 Å². The van der Waals surface area contributed by atoms with Crippen molar-refractivity contribution < 1.29 is 9.53 Å². The molecule has 0 aliphatic carbocycles. The van der Waals surface area contributed by atoms with Gasteiger partial charge in [0.05, 0.1) is 0 Å². The average molecular weight is 242 g/mol. The number of nitrogens with one attached hydrogen (secondary N) is 2. The molecule has 100 valence electrons. The monoisotopic (exact) mass is 242 g/mol. The minimum absolute atomic E-state index is 0.328. The Labute approximate surface area is 104 Å². The number of ether oxygens (including phenoxy) is 1. The van der Waals surface area contributed by atoms with Gasteiger partial charge in [0, 0.05) is 18.6 Å². The summed E-state index contributed by atoms with van der Waals surface area (Å²) in [5.74, 6) is 0.716. The van der Waals surface area contributed by atoms with Crippen LogP contribution >= 0.6 is 0 Å². The van der Waals surface area contributed by atoms with Gasteiger partial charge in [-0.05, 0) is 46.5 Å². The Kier molecular flexibility index (Phi) is 4.80. The molecule has 0 radical (unpaired) electrons. The minimum atomic E-state index is -0.425. The highest BCUT2D eigenvalue weighted by Crippen LogP contribution is 2.18. The summed E-state index contributed by atoms with van der Waals surface area (Å²) in [6.45, 7) is 10.7. The lowest BCUT2D eigenvalue weighted by atomic mass is 9.90. The van der Waals surface area contributed by atoms with Gasteiger partial charge < -0.3 is 15.4 Å². The van der Waals surface area contributed by atoms with Gasteiger partial charge in [-0.15, -0.1) is 0 Å². The fourth-order valence-electron chi connectivity index (χ4n) is 2.02. The Bertz CT molecular complexity index is 261. The Balaban J connectivity index is 2.25. The van der Waals surface area contributed by atoms with E-state index in [1.807, 2.05) is 20.8 Å². The van der Waals surface area contributed by atoms with Gasteiger partial charge >= 0.3 is 6.09 Å². The van der Waals surface area contributed by atoms with Gasteiger partial charge in [0.25, 0.3) is 0 Å². The molecule has 0 spiro atoms. The quantitative estimate of drug-likeness (QED) is 0.781. The van der Waals surface area contributed by atoms with Crippen molar-refractivity contribution in [2.24, 2.45) is 5.92 Å². The highest BCUT2D eigenvalue weighted by molar-refractivity contribution is 5.67. The molecule has 1 amide bonds. The van der Waals surface area contributed by atoms with Gasteiger partial charge in [-0.2, -0.15) is 0 Å². The van der Waals surface area contributed by atoms with Crippen LogP contribution in [0.1, 0.15) is 47.5 Å². The predicted molar refractivity (Wildman–Crippen MR) is 69.0 cm³/mol. The third-order valence-electron chi connectivity index (χ3n) is 3.21. The number of carbonyl (C=O) groups is 1. The van der Waals surface area contributed by atoms with Gasteiger partial charge in [-0.25, -0.2) is 4.79 Å². The molecule has 1 fully saturated rings. The van der Waals surface area contributed by atoms with Crippen LogP contribution in [-0.4, -0.2) is 30.3 Å². The van der Waals surface area contributed by atoms with Crippen LogP contribution in [0.25, 0.3) is 0 Å². The molecule has 3 atom stereocenters. The van der Waals surface area contributed by atoms with Crippen molar-refractivity contribution >= 4 is 6.09 Å². The number of hydrogen-bond donors (Lipinski definition) is 2. The van der Waals surface area contributed by atoms with Crippen LogP contribution in [-0.2, 0) is 4.74 Å². The maximum Gasteiger partial charge on any atom is 0.407 e. The molecule has 2 N–H and O–H groups in total. The van der Waals surface area contributed by atoms with E-state index in [-0.39, 0.29) is 6.09 Å². The number of rotatable bonds is 2. The van der Waals surface area contributed by atoms with Crippen molar-refractivity contribution in [3.63, 3.8) is 0 Å². The van der Waals surface area contributed by atoms with Gasteiger partial charge in [-0.1, -0.05) is 6.92 Å². The van der Waals surface area contributed by atoms with Crippen LogP contribution in [0, 0.1) is 5.92 Å². The second kappa shape index (κ2) is 5.71. The van der Waals surface area contributed by atoms with E-state index >= 15 is 0 Å². The first kappa shape index (κ1) is 14.3. The maximum absolute atomic E-state index is 11.5. The van der Waals surface area contributed by atoms with Crippen LogP contribution < -0.4 is 10.6 Å². The molecule has 1 heterocycles. The summed E-state index contributed by atoms with van der Waals surface area (Å²) in [5, 5.41) is 6.33.